The van der Waals surface area contributed by atoms with Crippen LogP contribution in [0.1, 0.15) is 22.8 Å². The van der Waals surface area contributed by atoms with E-state index in [1.165, 1.54) is 5.56 Å². The molecule has 5 nitrogen and oxygen atoms in total. The van der Waals surface area contributed by atoms with Gasteiger partial charge >= 0.3 is 0 Å². The van der Waals surface area contributed by atoms with Crippen molar-refractivity contribution in [1.29, 1.82) is 0 Å². The SMILES string of the molecule is CCOc1ccc(C(=O)Nc2ccc(SCc3cccnc3)cc2)cc1OC. The number of nitrogens with one attached hydrogen (secondary N) is 1. The van der Waals surface area contributed by atoms with Crippen molar-refractivity contribution >= 4 is 23.4 Å². The van der Waals surface area contributed by atoms with E-state index in [0.717, 1.165) is 16.3 Å². The van der Waals surface area contributed by atoms with Gasteiger partial charge in [-0.05, 0) is 61.0 Å². The molecule has 1 heterocycles. The highest BCUT2D eigenvalue weighted by Crippen LogP contribution is 2.29. The van der Waals surface area contributed by atoms with Gasteiger partial charge < -0.3 is 14.8 Å². The van der Waals surface area contributed by atoms with Gasteiger partial charge in [0.1, 0.15) is 0 Å². The van der Waals surface area contributed by atoms with Gasteiger partial charge in [0.2, 0.25) is 0 Å². The molecule has 2 aromatic carbocycles. The van der Waals surface area contributed by atoms with Crippen LogP contribution in [0.25, 0.3) is 0 Å². The minimum atomic E-state index is -0.197. The smallest absolute Gasteiger partial charge is 0.255 e. The molecule has 0 radical (unpaired) electrons. The van der Waals surface area contributed by atoms with Gasteiger partial charge in [0.05, 0.1) is 13.7 Å². The Morgan fingerprint density at radius 1 is 1.11 bits per heavy atom. The lowest BCUT2D eigenvalue weighted by Crippen LogP contribution is -2.12. The topological polar surface area (TPSA) is 60.5 Å². The van der Waals surface area contributed by atoms with Gasteiger partial charge in [0, 0.05) is 34.3 Å². The van der Waals surface area contributed by atoms with Crippen LogP contribution in [0.5, 0.6) is 11.5 Å². The average Bonchev–Trinajstić information content (AvgIpc) is 2.74. The molecule has 0 aliphatic rings. The average molecular weight is 394 g/mol. The summed E-state index contributed by atoms with van der Waals surface area (Å²) in [5, 5.41) is 2.91. The first-order valence-electron chi connectivity index (χ1n) is 8.93. The number of benzene rings is 2. The number of ether oxygens (including phenoxy) is 2. The van der Waals surface area contributed by atoms with Crippen molar-refractivity contribution in [1.82, 2.24) is 4.98 Å². The first kappa shape index (κ1) is 19.8. The normalized spacial score (nSPS) is 10.4. The molecule has 144 valence electrons. The van der Waals surface area contributed by atoms with Gasteiger partial charge in [-0.1, -0.05) is 6.07 Å². The van der Waals surface area contributed by atoms with Crippen LogP contribution < -0.4 is 14.8 Å². The van der Waals surface area contributed by atoms with Gasteiger partial charge in [-0.25, -0.2) is 0 Å². The predicted octanol–water partition coefficient (Wildman–Crippen LogP) is 5.03. The Hall–Kier alpha value is -2.99. The van der Waals surface area contributed by atoms with Crippen molar-refractivity contribution in [3.8, 4) is 11.5 Å². The Labute approximate surface area is 169 Å². The number of rotatable bonds is 8. The van der Waals surface area contributed by atoms with E-state index in [4.69, 9.17) is 9.47 Å². The number of hydrogen-bond donors (Lipinski definition) is 1. The molecule has 0 saturated carbocycles. The van der Waals surface area contributed by atoms with Crippen LogP contribution in [-0.4, -0.2) is 24.6 Å². The fourth-order valence-corrected chi connectivity index (χ4v) is 3.40. The van der Waals surface area contributed by atoms with Crippen LogP contribution in [0.2, 0.25) is 0 Å². The van der Waals surface area contributed by atoms with Crippen molar-refractivity contribution < 1.29 is 14.3 Å². The summed E-state index contributed by atoms with van der Waals surface area (Å²) < 4.78 is 10.8. The Bertz CT molecular complexity index is 915. The molecule has 1 aromatic heterocycles. The maximum atomic E-state index is 12.5. The summed E-state index contributed by atoms with van der Waals surface area (Å²) in [5.74, 6) is 1.82. The number of methoxy groups -OCH3 is 1. The van der Waals surface area contributed by atoms with E-state index in [9.17, 15) is 4.79 Å². The molecule has 1 N–H and O–H groups in total. The molecule has 0 bridgehead atoms. The van der Waals surface area contributed by atoms with E-state index >= 15 is 0 Å². The Balaban J connectivity index is 1.61. The van der Waals surface area contributed by atoms with Crippen molar-refractivity contribution in [2.75, 3.05) is 19.0 Å². The van der Waals surface area contributed by atoms with E-state index in [0.29, 0.717) is 23.7 Å². The van der Waals surface area contributed by atoms with Crippen LogP contribution in [0.3, 0.4) is 0 Å². The molecule has 0 unspecified atom stereocenters. The van der Waals surface area contributed by atoms with E-state index < -0.39 is 0 Å². The molecule has 3 rings (SSSR count). The van der Waals surface area contributed by atoms with Crippen LogP contribution in [0, 0.1) is 0 Å². The zero-order valence-electron chi connectivity index (χ0n) is 15.8. The summed E-state index contributed by atoms with van der Waals surface area (Å²) in [6, 6.07) is 16.9. The number of hydrogen-bond acceptors (Lipinski definition) is 5. The molecule has 0 aliphatic carbocycles. The lowest BCUT2D eigenvalue weighted by Gasteiger charge is -2.11. The van der Waals surface area contributed by atoms with Crippen molar-refractivity contribution in [2.45, 2.75) is 17.6 Å². The van der Waals surface area contributed by atoms with Gasteiger partial charge in [-0.2, -0.15) is 0 Å². The Kier molecular flexibility index (Phi) is 6.92. The second-order valence-electron chi connectivity index (χ2n) is 5.93. The summed E-state index contributed by atoms with van der Waals surface area (Å²) in [4.78, 5) is 17.8. The number of carbonyl (C=O) groups is 1. The molecule has 0 spiro atoms. The molecule has 3 aromatic rings. The molecule has 6 heteroatoms. The van der Waals surface area contributed by atoms with Gasteiger partial charge in [0.25, 0.3) is 5.91 Å². The zero-order valence-corrected chi connectivity index (χ0v) is 16.7. The summed E-state index contributed by atoms with van der Waals surface area (Å²) in [5.41, 5.74) is 2.42. The predicted molar refractivity (Wildman–Crippen MR) is 112 cm³/mol. The molecule has 0 saturated heterocycles. The van der Waals surface area contributed by atoms with E-state index in [1.54, 1.807) is 43.3 Å². The minimum Gasteiger partial charge on any atom is -0.493 e. The third-order valence-corrected chi connectivity index (χ3v) is 5.05. The second-order valence-corrected chi connectivity index (χ2v) is 6.98. The van der Waals surface area contributed by atoms with Crippen LogP contribution in [0.15, 0.2) is 71.9 Å². The number of anilines is 1. The third kappa shape index (κ3) is 5.27. The van der Waals surface area contributed by atoms with Crippen molar-refractivity contribution in [3.63, 3.8) is 0 Å². The standard InChI is InChI=1S/C22H22N2O3S/c1-3-27-20-11-6-17(13-21(20)26-2)22(25)24-18-7-9-19(10-8-18)28-15-16-5-4-12-23-14-16/h4-14H,3,15H2,1-2H3,(H,24,25). The summed E-state index contributed by atoms with van der Waals surface area (Å²) in [7, 11) is 1.56. The van der Waals surface area contributed by atoms with Crippen LogP contribution >= 0.6 is 11.8 Å². The Morgan fingerprint density at radius 2 is 1.93 bits per heavy atom. The molecule has 0 atom stereocenters. The minimum absolute atomic E-state index is 0.197. The highest BCUT2D eigenvalue weighted by atomic mass is 32.2. The number of nitrogens with zero attached hydrogens (tertiary/aromatic N) is 1. The zero-order chi connectivity index (χ0) is 19.8. The summed E-state index contributed by atoms with van der Waals surface area (Å²) in [6.45, 7) is 2.44. The number of aromatic nitrogens is 1. The van der Waals surface area contributed by atoms with Crippen LogP contribution in [-0.2, 0) is 5.75 Å². The molecular weight excluding hydrogens is 372 g/mol. The molecule has 28 heavy (non-hydrogen) atoms. The van der Waals surface area contributed by atoms with Crippen LogP contribution in [0.4, 0.5) is 5.69 Å². The number of thioether (sulfide) groups is 1. The summed E-state index contributed by atoms with van der Waals surface area (Å²) in [6.07, 6.45) is 3.64. The van der Waals surface area contributed by atoms with E-state index in [1.807, 2.05) is 43.5 Å². The monoisotopic (exact) mass is 394 g/mol. The van der Waals surface area contributed by atoms with Gasteiger partial charge in [0.15, 0.2) is 11.5 Å². The lowest BCUT2D eigenvalue weighted by molar-refractivity contribution is 0.102. The molecular formula is C22H22N2O3S. The first-order valence-corrected chi connectivity index (χ1v) is 9.92. The summed E-state index contributed by atoms with van der Waals surface area (Å²) >= 11 is 1.73. The number of pyridine rings is 1. The van der Waals surface area contributed by atoms with Gasteiger partial charge in [-0.3, -0.25) is 9.78 Å². The fraction of sp³-hybridized carbons (Fsp3) is 0.182. The first-order chi connectivity index (χ1) is 13.7. The lowest BCUT2D eigenvalue weighted by atomic mass is 10.2. The molecule has 1 amide bonds. The maximum Gasteiger partial charge on any atom is 0.255 e. The quantitative estimate of drug-likeness (QED) is 0.543. The van der Waals surface area contributed by atoms with Crippen molar-refractivity contribution in [3.05, 3.63) is 78.1 Å². The second kappa shape index (κ2) is 9.80. The number of amides is 1. The molecule has 0 aliphatic heterocycles. The third-order valence-electron chi connectivity index (χ3n) is 3.97. The van der Waals surface area contributed by atoms with Gasteiger partial charge in [-0.15, -0.1) is 11.8 Å². The van der Waals surface area contributed by atoms with Crippen molar-refractivity contribution in [2.24, 2.45) is 0 Å². The number of carbonyl (C=O) groups excluding carboxylic acids is 1. The maximum absolute atomic E-state index is 12.5. The van der Waals surface area contributed by atoms with E-state index in [-0.39, 0.29) is 5.91 Å². The Morgan fingerprint density at radius 3 is 2.61 bits per heavy atom. The molecule has 0 fully saturated rings. The fourth-order valence-electron chi connectivity index (χ4n) is 2.57. The highest BCUT2D eigenvalue weighted by molar-refractivity contribution is 7.98. The largest absolute Gasteiger partial charge is 0.493 e. The highest BCUT2D eigenvalue weighted by Gasteiger charge is 2.11. The van der Waals surface area contributed by atoms with E-state index in [2.05, 4.69) is 16.4 Å².